The van der Waals surface area contributed by atoms with Crippen molar-refractivity contribution in [2.45, 2.75) is 45.1 Å². The van der Waals surface area contributed by atoms with E-state index in [9.17, 15) is 9.59 Å². The van der Waals surface area contributed by atoms with Crippen LogP contribution in [0.2, 0.25) is 0 Å². The minimum absolute atomic E-state index is 0.0350. The van der Waals surface area contributed by atoms with Gasteiger partial charge in [-0.05, 0) is 43.5 Å². The van der Waals surface area contributed by atoms with Gasteiger partial charge in [0.15, 0.2) is 0 Å². The van der Waals surface area contributed by atoms with E-state index in [2.05, 4.69) is 29.7 Å². The van der Waals surface area contributed by atoms with Gasteiger partial charge in [-0.15, -0.1) is 0 Å². The predicted molar refractivity (Wildman–Crippen MR) is 125 cm³/mol. The molecule has 3 heterocycles. The maximum Gasteiger partial charge on any atom is 0.228 e. The zero-order valence-corrected chi connectivity index (χ0v) is 18.6. The van der Waals surface area contributed by atoms with Gasteiger partial charge in [-0.25, -0.2) is 4.98 Å². The first kappa shape index (κ1) is 20.7. The van der Waals surface area contributed by atoms with Crippen LogP contribution in [0.25, 0.3) is 11.0 Å². The molecule has 2 fully saturated rings. The highest BCUT2D eigenvalue weighted by molar-refractivity contribution is 6.00. The van der Waals surface area contributed by atoms with Crippen LogP contribution in [0.15, 0.2) is 54.6 Å². The average Bonchev–Trinajstić information content (AvgIpc) is 3.40. The largest absolute Gasteiger partial charge is 0.342 e. The van der Waals surface area contributed by atoms with Crippen LogP contribution < -0.4 is 4.90 Å². The highest BCUT2D eigenvalue weighted by atomic mass is 16.2. The number of para-hydroxylation sites is 3. The smallest absolute Gasteiger partial charge is 0.228 e. The van der Waals surface area contributed by atoms with Crippen molar-refractivity contribution in [2.75, 3.05) is 24.5 Å². The van der Waals surface area contributed by atoms with Crippen molar-refractivity contribution in [3.8, 4) is 0 Å². The molecule has 0 radical (unpaired) electrons. The van der Waals surface area contributed by atoms with Gasteiger partial charge in [-0.2, -0.15) is 0 Å². The Morgan fingerprint density at radius 1 is 1.06 bits per heavy atom. The van der Waals surface area contributed by atoms with E-state index in [-0.39, 0.29) is 23.7 Å². The van der Waals surface area contributed by atoms with Gasteiger partial charge in [0, 0.05) is 44.2 Å². The number of hydrogen-bond acceptors (Lipinski definition) is 3. The quantitative estimate of drug-likeness (QED) is 0.609. The number of aromatic nitrogens is 2. The molecule has 1 aromatic heterocycles. The van der Waals surface area contributed by atoms with E-state index in [0.717, 1.165) is 49.4 Å². The van der Waals surface area contributed by atoms with Crippen molar-refractivity contribution in [1.29, 1.82) is 0 Å². The Labute approximate surface area is 188 Å². The SMILES string of the molecule is CCCn1c(C2CCCN(C(=O)C3CC(=O)N(c4ccccc4)C3)C2)nc2ccccc21. The van der Waals surface area contributed by atoms with Gasteiger partial charge in [0.2, 0.25) is 11.8 Å². The van der Waals surface area contributed by atoms with Crippen LogP contribution in [-0.4, -0.2) is 45.9 Å². The molecule has 2 atom stereocenters. The number of hydrogen-bond donors (Lipinski definition) is 0. The van der Waals surface area contributed by atoms with Crippen molar-refractivity contribution in [3.63, 3.8) is 0 Å². The van der Waals surface area contributed by atoms with Crippen molar-refractivity contribution < 1.29 is 9.59 Å². The number of rotatable bonds is 5. The van der Waals surface area contributed by atoms with Crippen LogP contribution in [0.4, 0.5) is 5.69 Å². The lowest BCUT2D eigenvalue weighted by molar-refractivity contribution is -0.137. The molecule has 0 spiro atoms. The lowest BCUT2D eigenvalue weighted by atomic mass is 9.95. The molecule has 0 saturated carbocycles. The summed E-state index contributed by atoms with van der Waals surface area (Å²) in [6.45, 7) is 5.03. The number of carbonyl (C=O) groups excluding carboxylic acids is 2. The fourth-order valence-electron chi connectivity index (χ4n) is 5.24. The first-order chi connectivity index (χ1) is 15.7. The number of fused-ring (bicyclic) bond motifs is 1. The second kappa shape index (κ2) is 8.77. The zero-order valence-electron chi connectivity index (χ0n) is 18.6. The predicted octanol–water partition coefficient (Wildman–Crippen LogP) is 4.21. The molecule has 2 saturated heterocycles. The van der Waals surface area contributed by atoms with Gasteiger partial charge in [0.25, 0.3) is 0 Å². The van der Waals surface area contributed by atoms with E-state index in [4.69, 9.17) is 4.98 Å². The van der Waals surface area contributed by atoms with Crippen LogP contribution in [0, 0.1) is 5.92 Å². The van der Waals surface area contributed by atoms with Crippen LogP contribution in [0.3, 0.4) is 0 Å². The summed E-state index contributed by atoms with van der Waals surface area (Å²) in [5, 5.41) is 0. The number of imidazole rings is 1. The fraction of sp³-hybridized carbons (Fsp3) is 0.423. The number of nitrogens with zero attached hydrogens (tertiary/aromatic N) is 4. The lowest BCUT2D eigenvalue weighted by Gasteiger charge is -2.34. The third-order valence-electron chi connectivity index (χ3n) is 6.77. The summed E-state index contributed by atoms with van der Waals surface area (Å²) in [7, 11) is 0. The number of aryl methyl sites for hydroxylation is 1. The summed E-state index contributed by atoms with van der Waals surface area (Å²) < 4.78 is 2.34. The number of piperidine rings is 1. The van der Waals surface area contributed by atoms with E-state index < -0.39 is 0 Å². The minimum atomic E-state index is -0.268. The number of amides is 2. The van der Waals surface area contributed by atoms with Crippen LogP contribution in [0.1, 0.15) is 44.3 Å². The van der Waals surface area contributed by atoms with E-state index in [1.54, 1.807) is 4.90 Å². The summed E-state index contributed by atoms with van der Waals surface area (Å²) in [4.78, 5) is 34.7. The van der Waals surface area contributed by atoms with Crippen LogP contribution >= 0.6 is 0 Å². The summed E-state index contributed by atoms with van der Waals surface area (Å²) in [6, 6.07) is 17.9. The Morgan fingerprint density at radius 3 is 2.66 bits per heavy atom. The number of likely N-dealkylation sites (tertiary alicyclic amines) is 1. The Morgan fingerprint density at radius 2 is 1.84 bits per heavy atom. The van der Waals surface area contributed by atoms with Gasteiger partial charge in [-0.1, -0.05) is 37.3 Å². The highest BCUT2D eigenvalue weighted by Gasteiger charge is 2.39. The first-order valence-corrected chi connectivity index (χ1v) is 11.7. The molecule has 0 N–H and O–H groups in total. The maximum atomic E-state index is 13.4. The number of benzene rings is 2. The van der Waals surface area contributed by atoms with Gasteiger partial charge in [0.1, 0.15) is 5.82 Å². The Balaban J connectivity index is 1.34. The highest BCUT2D eigenvalue weighted by Crippen LogP contribution is 2.32. The molecule has 0 aliphatic carbocycles. The van der Waals surface area contributed by atoms with Crippen molar-refractivity contribution in [3.05, 3.63) is 60.4 Å². The minimum Gasteiger partial charge on any atom is -0.342 e. The molecule has 3 aromatic rings. The molecule has 32 heavy (non-hydrogen) atoms. The molecular weight excluding hydrogens is 400 g/mol. The van der Waals surface area contributed by atoms with E-state index in [1.807, 2.05) is 41.3 Å². The molecule has 0 bridgehead atoms. The van der Waals surface area contributed by atoms with E-state index >= 15 is 0 Å². The third-order valence-corrected chi connectivity index (χ3v) is 6.77. The monoisotopic (exact) mass is 430 g/mol. The van der Waals surface area contributed by atoms with Crippen molar-refractivity contribution in [1.82, 2.24) is 14.5 Å². The molecule has 2 aliphatic rings. The summed E-state index contributed by atoms with van der Waals surface area (Å²) in [5.74, 6) is 1.20. The summed E-state index contributed by atoms with van der Waals surface area (Å²) in [5.41, 5.74) is 3.07. The maximum absolute atomic E-state index is 13.4. The van der Waals surface area contributed by atoms with Gasteiger partial charge < -0.3 is 14.4 Å². The molecular formula is C26H30N4O2. The average molecular weight is 431 g/mol. The first-order valence-electron chi connectivity index (χ1n) is 11.7. The van der Waals surface area contributed by atoms with E-state index in [0.29, 0.717) is 19.5 Å². The zero-order chi connectivity index (χ0) is 22.1. The fourth-order valence-corrected chi connectivity index (χ4v) is 5.24. The van der Waals surface area contributed by atoms with Crippen molar-refractivity contribution >= 4 is 28.5 Å². The summed E-state index contributed by atoms with van der Waals surface area (Å²) >= 11 is 0. The number of carbonyl (C=O) groups is 2. The van der Waals surface area contributed by atoms with Crippen molar-refractivity contribution in [2.24, 2.45) is 5.92 Å². The standard InChI is InChI=1S/C26H30N4O2/c1-2-14-29-23-13-7-6-12-22(23)27-25(29)19-9-8-15-28(17-19)26(32)20-16-24(31)30(18-20)21-10-4-3-5-11-21/h3-7,10-13,19-20H,2,8-9,14-18H2,1H3. The third kappa shape index (κ3) is 3.78. The molecule has 2 unspecified atom stereocenters. The lowest BCUT2D eigenvalue weighted by Crippen LogP contribution is -2.43. The summed E-state index contributed by atoms with van der Waals surface area (Å²) in [6.07, 6.45) is 3.34. The second-order valence-corrected chi connectivity index (χ2v) is 8.97. The molecule has 6 heteroatoms. The van der Waals surface area contributed by atoms with Crippen LogP contribution in [0.5, 0.6) is 0 Å². The second-order valence-electron chi connectivity index (χ2n) is 8.97. The Hall–Kier alpha value is -3.15. The van der Waals surface area contributed by atoms with Gasteiger partial charge in [-0.3, -0.25) is 9.59 Å². The topological polar surface area (TPSA) is 58.4 Å². The van der Waals surface area contributed by atoms with Gasteiger partial charge >= 0.3 is 0 Å². The van der Waals surface area contributed by atoms with E-state index in [1.165, 1.54) is 5.52 Å². The van der Waals surface area contributed by atoms with Crippen LogP contribution in [-0.2, 0) is 16.1 Å². The molecule has 6 nitrogen and oxygen atoms in total. The molecule has 2 amide bonds. The Kier molecular flexibility index (Phi) is 5.68. The normalized spacial score (nSPS) is 21.5. The molecule has 5 rings (SSSR count). The van der Waals surface area contributed by atoms with Gasteiger partial charge in [0.05, 0.1) is 17.0 Å². The number of anilines is 1. The molecule has 2 aliphatic heterocycles. The molecule has 166 valence electrons. The molecule has 2 aromatic carbocycles. The Bertz CT molecular complexity index is 1120.